The fraction of sp³-hybridized carbons (Fsp3) is 0.500. The second-order valence-corrected chi connectivity index (χ2v) is 13.3. The minimum Gasteiger partial charge on any atom is -0.496 e. The summed E-state index contributed by atoms with van der Waals surface area (Å²) in [7, 11) is -6.09. The van der Waals surface area contributed by atoms with Crippen LogP contribution in [0.25, 0.3) is 0 Å². The zero-order valence-corrected chi connectivity index (χ0v) is 23.8. The Morgan fingerprint density at radius 2 is 1.62 bits per heavy atom. The first-order chi connectivity index (χ1) is 18.6. The molecule has 2 aliphatic heterocycles. The lowest BCUT2D eigenvalue weighted by molar-refractivity contribution is 0.0693. The molecule has 13 heteroatoms. The molecule has 0 aliphatic carbocycles. The largest absolute Gasteiger partial charge is 0.496 e. The predicted octanol–water partition coefficient (Wildman–Crippen LogP) is 1.95. The van der Waals surface area contributed by atoms with Crippen LogP contribution >= 0.6 is 0 Å². The van der Waals surface area contributed by atoms with Gasteiger partial charge in [-0.2, -0.15) is 4.31 Å². The van der Waals surface area contributed by atoms with Gasteiger partial charge in [0.15, 0.2) is 0 Å². The first-order valence-corrected chi connectivity index (χ1v) is 15.8. The van der Waals surface area contributed by atoms with E-state index >= 15 is 0 Å². The van der Waals surface area contributed by atoms with E-state index in [1.165, 1.54) is 53.9 Å². The van der Waals surface area contributed by atoms with Crippen molar-refractivity contribution in [3.05, 3.63) is 48.0 Å². The normalized spacial score (nSPS) is 17.6. The highest BCUT2D eigenvalue weighted by Crippen LogP contribution is 2.26. The number of carbonyl (C=O) groups excluding carboxylic acids is 1. The number of nitrogens with zero attached hydrogens (tertiary/aromatic N) is 2. The van der Waals surface area contributed by atoms with Gasteiger partial charge in [-0.15, -0.1) is 0 Å². The molecule has 0 radical (unpaired) electrons. The summed E-state index contributed by atoms with van der Waals surface area (Å²) in [4.78, 5) is 15.0. The maximum atomic E-state index is 13.1. The van der Waals surface area contributed by atoms with Crippen LogP contribution in [-0.2, 0) is 24.8 Å². The standard InChI is InChI=1S/C26H35N3O8S2/c1-20-9-12-28(13-10-20)26(30)24-19-23(7-8-25(24)35-2)38(31,32)27-11-16-37-21-3-5-22(6-4-21)39(33,34)29-14-17-36-18-15-29/h3-8,19-20,27H,9-18H2,1-2H3. The molecule has 0 aromatic heterocycles. The number of likely N-dealkylation sites (tertiary alicyclic amines) is 1. The van der Waals surface area contributed by atoms with Crippen molar-refractivity contribution in [3.63, 3.8) is 0 Å². The van der Waals surface area contributed by atoms with E-state index in [1.54, 1.807) is 4.90 Å². The summed E-state index contributed by atoms with van der Waals surface area (Å²) in [6.07, 6.45) is 1.81. The average molecular weight is 582 g/mol. The lowest BCUT2D eigenvalue weighted by Gasteiger charge is -2.30. The van der Waals surface area contributed by atoms with E-state index in [4.69, 9.17) is 14.2 Å². The number of rotatable bonds is 10. The number of ether oxygens (including phenoxy) is 3. The van der Waals surface area contributed by atoms with Crippen molar-refractivity contribution in [1.82, 2.24) is 13.9 Å². The van der Waals surface area contributed by atoms with Crippen LogP contribution in [0, 0.1) is 5.92 Å². The number of amides is 1. The number of hydrogen-bond acceptors (Lipinski definition) is 8. The molecule has 2 aliphatic rings. The quantitative estimate of drug-likeness (QED) is 0.421. The summed E-state index contributed by atoms with van der Waals surface area (Å²) < 4.78 is 71.3. The summed E-state index contributed by atoms with van der Waals surface area (Å²) in [6.45, 7) is 4.72. The predicted molar refractivity (Wildman–Crippen MR) is 144 cm³/mol. The summed E-state index contributed by atoms with van der Waals surface area (Å²) in [5.41, 5.74) is 0.207. The fourth-order valence-corrected chi connectivity index (χ4v) is 6.92. The number of piperidine rings is 1. The Morgan fingerprint density at radius 1 is 0.974 bits per heavy atom. The van der Waals surface area contributed by atoms with E-state index in [1.807, 2.05) is 0 Å². The number of methoxy groups -OCH3 is 1. The Balaban J connectivity index is 1.34. The van der Waals surface area contributed by atoms with Crippen LogP contribution in [0.5, 0.6) is 11.5 Å². The molecule has 11 nitrogen and oxygen atoms in total. The van der Waals surface area contributed by atoms with Gasteiger partial charge in [0.2, 0.25) is 20.0 Å². The molecule has 2 heterocycles. The van der Waals surface area contributed by atoms with Gasteiger partial charge in [0.25, 0.3) is 5.91 Å². The summed E-state index contributed by atoms with van der Waals surface area (Å²) in [6, 6.07) is 10.2. The molecule has 0 bridgehead atoms. The molecular formula is C26H35N3O8S2. The van der Waals surface area contributed by atoms with Crippen LogP contribution < -0.4 is 14.2 Å². The van der Waals surface area contributed by atoms with Crippen molar-refractivity contribution in [2.24, 2.45) is 5.92 Å². The molecule has 0 unspecified atom stereocenters. The van der Waals surface area contributed by atoms with E-state index < -0.39 is 20.0 Å². The molecule has 39 heavy (non-hydrogen) atoms. The molecule has 2 aromatic rings. The monoisotopic (exact) mass is 581 g/mol. The van der Waals surface area contributed by atoms with Gasteiger partial charge >= 0.3 is 0 Å². The molecule has 2 aromatic carbocycles. The second kappa shape index (κ2) is 12.6. The number of sulfonamides is 2. The molecule has 0 atom stereocenters. The molecule has 214 valence electrons. The Labute approximate surface area is 230 Å². The van der Waals surface area contributed by atoms with Crippen LogP contribution in [0.4, 0.5) is 0 Å². The summed E-state index contributed by atoms with van der Waals surface area (Å²) >= 11 is 0. The third-order valence-electron chi connectivity index (χ3n) is 6.88. The van der Waals surface area contributed by atoms with Crippen LogP contribution in [0.2, 0.25) is 0 Å². The second-order valence-electron chi connectivity index (χ2n) is 9.57. The van der Waals surface area contributed by atoms with Crippen molar-refractivity contribution in [3.8, 4) is 11.5 Å². The SMILES string of the molecule is COc1ccc(S(=O)(=O)NCCOc2ccc(S(=O)(=O)N3CCOCC3)cc2)cc1C(=O)N1CCC(C)CC1. The fourth-order valence-electron chi connectivity index (χ4n) is 4.48. The molecule has 1 N–H and O–H groups in total. The number of morpholine rings is 1. The van der Waals surface area contributed by atoms with E-state index in [2.05, 4.69) is 11.6 Å². The van der Waals surface area contributed by atoms with Gasteiger partial charge in [-0.05, 0) is 61.2 Å². The zero-order valence-electron chi connectivity index (χ0n) is 22.2. The smallest absolute Gasteiger partial charge is 0.257 e. The molecule has 2 fully saturated rings. The number of carbonyl (C=O) groups is 1. The maximum absolute atomic E-state index is 13.1. The number of benzene rings is 2. The number of hydrogen-bond donors (Lipinski definition) is 1. The lowest BCUT2D eigenvalue weighted by Crippen LogP contribution is -2.40. The summed E-state index contributed by atoms with van der Waals surface area (Å²) in [5.74, 6) is 1.02. The molecule has 2 saturated heterocycles. The van der Waals surface area contributed by atoms with E-state index in [0.29, 0.717) is 56.8 Å². The topological polar surface area (TPSA) is 132 Å². The van der Waals surface area contributed by atoms with Gasteiger partial charge in [0.1, 0.15) is 18.1 Å². The Hall–Kier alpha value is -2.71. The van der Waals surface area contributed by atoms with Crippen LogP contribution in [0.15, 0.2) is 52.3 Å². The Bertz CT molecular complexity index is 1350. The van der Waals surface area contributed by atoms with Crippen LogP contribution in [-0.4, -0.2) is 91.6 Å². The Morgan fingerprint density at radius 3 is 2.26 bits per heavy atom. The van der Waals surface area contributed by atoms with Crippen LogP contribution in [0.1, 0.15) is 30.1 Å². The van der Waals surface area contributed by atoms with Gasteiger partial charge in [0, 0.05) is 32.7 Å². The molecular weight excluding hydrogens is 546 g/mol. The van der Waals surface area contributed by atoms with Gasteiger partial charge in [-0.25, -0.2) is 21.6 Å². The van der Waals surface area contributed by atoms with Crippen molar-refractivity contribution in [1.29, 1.82) is 0 Å². The lowest BCUT2D eigenvalue weighted by atomic mass is 9.98. The van der Waals surface area contributed by atoms with E-state index in [9.17, 15) is 21.6 Å². The zero-order chi connectivity index (χ0) is 28.0. The highest BCUT2D eigenvalue weighted by molar-refractivity contribution is 7.89. The van der Waals surface area contributed by atoms with Gasteiger partial charge in [-0.3, -0.25) is 4.79 Å². The first kappa shape index (κ1) is 29.3. The molecule has 0 saturated carbocycles. The minimum atomic E-state index is -3.93. The highest BCUT2D eigenvalue weighted by atomic mass is 32.2. The van der Waals surface area contributed by atoms with Crippen molar-refractivity contribution in [2.75, 3.05) is 59.7 Å². The average Bonchev–Trinajstić information content (AvgIpc) is 2.95. The van der Waals surface area contributed by atoms with Crippen molar-refractivity contribution < 1.29 is 35.8 Å². The van der Waals surface area contributed by atoms with Gasteiger partial charge < -0.3 is 19.1 Å². The third-order valence-corrected chi connectivity index (χ3v) is 10.2. The first-order valence-electron chi connectivity index (χ1n) is 12.9. The van der Waals surface area contributed by atoms with Crippen molar-refractivity contribution in [2.45, 2.75) is 29.6 Å². The van der Waals surface area contributed by atoms with Crippen molar-refractivity contribution >= 4 is 26.0 Å². The van der Waals surface area contributed by atoms with Gasteiger partial charge in [-0.1, -0.05) is 6.92 Å². The van der Waals surface area contributed by atoms with Gasteiger partial charge in [0.05, 0.1) is 35.7 Å². The third kappa shape index (κ3) is 7.09. The van der Waals surface area contributed by atoms with E-state index in [-0.39, 0.29) is 34.4 Å². The number of nitrogens with one attached hydrogen (secondary N) is 1. The summed E-state index contributed by atoms with van der Waals surface area (Å²) in [5, 5.41) is 0. The van der Waals surface area contributed by atoms with E-state index in [0.717, 1.165) is 12.8 Å². The Kier molecular flexibility index (Phi) is 9.49. The molecule has 1 amide bonds. The minimum absolute atomic E-state index is 0.0166. The maximum Gasteiger partial charge on any atom is 0.257 e. The molecule has 4 rings (SSSR count). The molecule has 0 spiro atoms. The van der Waals surface area contributed by atoms with Crippen LogP contribution in [0.3, 0.4) is 0 Å². The highest BCUT2D eigenvalue weighted by Gasteiger charge is 2.27.